The molecule has 2 heteroatoms. The summed E-state index contributed by atoms with van der Waals surface area (Å²) in [5.41, 5.74) is 6.62. The van der Waals surface area contributed by atoms with E-state index in [0.717, 1.165) is 6.42 Å². The highest BCUT2D eigenvalue weighted by Crippen LogP contribution is 2.29. The third-order valence-corrected chi connectivity index (χ3v) is 5.18. The van der Waals surface area contributed by atoms with Crippen molar-refractivity contribution in [2.45, 2.75) is 39.7 Å². The molecule has 0 fully saturated rings. The summed E-state index contributed by atoms with van der Waals surface area (Å²) in [6, 6.07) is 13.8. The molecule has 0 radical (unpaired) electrons. The Morgan fingerprint density at radius 1 is 1.00 bits per heavy atom. The van der Waals surface area contributed by atoms with E-state index in [1.807, 2.05) is 7.05 Å². The monoisotopic (exact) mass is 345 g/mol. The predicted octanol–water partition coefficient (Wildman–Crippen LogP) is 5.33. The lowest BCUT2D eigenvalue weighted by Crippen LogP contribution is -2.18. The van der Waals surface area contributed by atoms with Gasteiger partial charge in [0.1, 0.15) is 0 Å². The van der Waals surface area contributed by atoms with Crippen molar-refractivity contribution < 1.29 is 0 Å². The summed E-state index contributed by atoms with van der Waals surface area (Å²) in [5, 5.41) is 3.44. The van der Waals surface area contributed by atoms with Crippen LogP contribution in [0.2, 0.25) is 0 Å². The highest BCUT2D eigenvalue weighted by Gasteiger charge is 2.14. The van der Waals surface area contributed by atoms with Crippen LogP contribution in [0.1, 0.15) is 47.2 Å². The van der Waals surface area contributed by atoms with Crippen LogP contribution in [0.15, 0.2) is 40.9 Å². The van der Waals surface area contributed by atoms with Crippen LogP contribution in [-0.2, 0) is 6.42 Å². The van der Waals surface area contributed by atoms with Crippen LogP contribution in [0.25, 0.3) is 0 Å². The molecular weight excluding hydrogens is 322 g/mol. The number of hydrogen-bond acceptors (Lipinski definition) is 1. The summed E-state index contributed by atoms with van der Waals surface area (Å²) >= 11 is 3.65. The molecule has 112 valence electrons. The largest absolute Gasteiger partial charge is 0.309 e. The summed E-state index contributed by atoms with van der Waals surface area (Å²) in [7, 11) is 2.03. The van der Waals surface area contributed by atoms with Gasteiger partial charge in [0.15, 0.2) is 0 Å². The van der Waals surface area contributed by atoms with E-state index < -0.39 is 0 Å². The van der Waals surface area contributed by atoms with Gasteiger partial charge in [-0.05, 0) is 55.1 Å². The Morgan fingerprint density at radius 2 is 1.57 bits per heavy atom. The molecule has 2 aromatic carbocycles. The first-order chi connectivity index (χ1) is 10.1. The minimum absolute atomic E-state index is 0.242. The lowest BCUT2D eigenvalue weighted by Gasteiger charge is -2.19. The Kier molecular flexibility index (Phi) is 5.60. The van der Waals surface area contributed by atoms with Crippen LogP contribution in [0.4, 0.5) is 0 Å². The minimum Gasteiger partial charge on any atom is -0.309 e. The Balaban J connectivity index is 2.35. The molecule has 1 N–H and O–H groups in total. The minimum atomic E-state index is 0.242. The van der Waals surface area contributed by atoms with Gasteiger partial charge in [-0.2, -0.15) is 0 Å². The molecule has 0 aromatic heterocycles. The normalized spacial score (nSPS) is 12.4. The zero-order chi connectivity index (χ0) is 15.4. The Morgan fingerprint density at radius 3 is 2.05 bits per heavy atom. The molecule has 0 amide bonds. The highest BCUT2D eigenvalue weighted by molar-refractivity contribution is 9.10. The van der Waals surface area contributed by atoms with E-state index in [4.69, 9.17) is 0 Å². The number of benzene rings is 2. The molecule has 0 aliphatic carbocycles. The summed E-state index contributed by atoms with van der Waals surface area (Å²) in [6.45, 7) is 6.52. The van der Waals surface area contributed by atoms with Gasteiger partial charge < -0.3 is 5.32 Å². The molecule has 0 saturated carbocycles. The number of rotatable bonds is 5. The van der Waals surface area contributed by atoms with Crippen molar-refractivity contribution >= 4 is 15.9 Å². The lowest BCUT2D eigenvalue weighted by atomic mass is 9.94. The SMILES string of the molecule is CCCc1ccc(C(NC)c2cc(C)c(Br)c(C)c2)cc1. The Hall–Kier alpha value is -1.12. The predicted molar refractivity (Wildman–Crippen MR) is 95.0 cm³/mol. The Labute approximate surface area is 136 Å². The molecule has 21 heavy (non-hydrogen) atoms. The molecule has 2 rings (SSSR count). The second kappa shape index (κ2) is 7.24. The lowest BCUT2D eigenvalue weighted by molar-refractivity contribution is 0.690. The van der Waals surface area contributed by atoms with Gasteiger partial charge in [-0.1, -0.05) is 65.7 Å². The summed E-state index contributed by atoms with van der Waals surface area (Å²) in [4.78, 5) is 0. The maximum absolute atomic E-state index is 3.65. The zero-order valence-electron chi connectivity index (χ0n) is 13.3. The zero-order valence-corrected chi connectivity index (χ0v) is 14.9. The summed E-state index contributed by atoms with van der Waals surface area (Å²) in [6.07, 6.45) is 2.35. The number of hydrogen-bond donors (Lipinski definition) is 1. The van der Waals surface area contributed by atoms with Crippen molar-refractivity contribution in [2.75, 3.05) is 7.05 Å². The smallest absolute Gasteiger partial charge is 0.0574 e. The van der Waals surface area contributed by atoms with Crippen molar-refractivity contribution in [2.24, 2.45) is 0 Å². The first-order valence-electron chi connectivity index (χ1n) is 7.59. The van der Waals surface area contributed by atoms with Gasteiger partial charge in [0.2, 0.25) is 0 Å². The van der Waals surface area contributed by atoms with Crippen LogP contribution >= 0.6 is 15.9 Å². The number of aryl methyl sites for hydroxylation is 3. The van der Waals surface area contributed by atoms with E-state index in [1.165, 1.54) is 38.7 Å². The van der Waals surface area contributed by atoms with E-state index in [1.54, 1.807) is 0 Å². The fraction of sp³-hybridized carbons (Fsp3) is 0.368. The molecule has 1 atom stereocenters. The molecule has 0 bridgehead atoms. The van der Waals surface area contributed by atoms with Crippen LogP contribution in [-0.4, -0.2) is 7.05 Å². The number of halogens is 1. The third-order valence-electron chi connectivity index (χ3n) is 3.93. The van der Waals surface area contributed by atoms with Crippen LogP contribution in [0.3, 0.4) is 0 Å². The summed E-state index contributed by atoms with van der Waals surface area (Å²) in [5.74, 6) is 0. The topological polar surface area (TPSA) is 12.0 Å². The first-order valence-corrected chi connectivity index (χ1v) is 8.38. The molecule has 0 saturated heterocycles. The fourth-order valence-electron chi connectivity index (χ4n) is 2.84. The van der Waals surface area contributed by atoms with Gasteiger partial charge >= 0.3 is 0 Å². The van der Waals surface area contributed by atoms with Gasteiger partial charge in [0.05, 0.1) is 6.04 Å². The van der Waals surface area contributed by atoms with E-state index in [0.29, 0.717) is 0 Å². The van der Waals surface area contributed by atoms with Crippen molar-refractivity contribution in [3.05, 3.63) is 68.7 Å². The average molecular weight is 346 g/mol. The van der Waals surface area contributed by atoms with Crippen LogP contribution in [0.5, 0.6) is 0 Å². The molecule has 1 nitrogen and oxygen atoms in total. The van der Waals surface area contributed by atoms with Gasteiger partial charge in [-0.25, -0.2) is 0 Å². The first kappa shape index (κ1) is 16.3. The standard InChI is InChI=1S/C19H24BrN/c1-5-6-15-7-9-16(10-8-15)19(21-4)17-11-13(2)18(20)14(3)12-17/h7-12,19,21H,5-6H2,1-4H3. The van der Waals surface area contributed by atoms with Gasteiger partial charge in [0.25, 0.3) is 0 Å². The highest BCUT2D eigenvalue weighted by atomic mass is 79.9. The Bertz CT molecular complexity index is 578. The second-order valence-electron chi connectivity index (χ2n) is 5.68. The van der Waals surface area contributed by atoms with E-state index in [2.05, 4.69) is 78.4 Å². The quantitative estimate of drug-likeness (QED) is 0.772. The maximum Gasteiger partial charge on any atom is 0.0574 e. The summed E-state index contributed by atoms with van der Waals surface area (Å²) < 4.78 is 1.21. The molecule has 0 aliphatic heterocycles. The van der Waals surface area contributed by atoms with Gasteiger partial charge in [-0.3, -0.25) is 0 Å². The molecule has 0 aliphatic rings. The van der Waals surface area contributed by atoms with Crippen LogP contribution in [0, 0.1) is 13.8 Å². The van der Waals surface area contributed by atoms with Crippen molar-refractivity contribution in [1.82, 2.24) is 5.32 Å². The van der Waals surface area contributed by atoms with E-state index in [-0.39, 0.29) is 6.04 Å². The van der Waals surface area contributed by atoms with E-state index >= 15 is 0 Å². The molecule has 2 aromatic rings. The molecule has 0 heterocycles. The molecular formula is C19H24BrN. The van der Waals surface area contributed by atoms with Crippen molar-refractivity contribution in [3.63, 3.8) is 0 Å². The molecule has 1 unspecified atom stereocenters. The van der Waals surface area contributed by atoms with Gasteiger partial charge in [-0.15, -0.1) is 0 Å². The number of nitrogens with one attached hydrogen (secondary N) is 1. The fourth-order valence-corrected chi connectivity index (χ4v) is 3.07. The van der Waals surface area contributed by atoms with Gasteiger partial charge in [0, 0.05) is 4.47 Å². The van der Waals surface area contributed by atoms with Crippen molar-refractivity contribution in [1.29, 1.82) is 0 Å². The third kappa shape index (κ3) is 3.75. The maximum atomic E-state index is 3.65. The van der Waals surface area contributed by atoms with Crippen LogP contribution < -0.4 is 5.32 Å². The van der Waals surface area contributed by atoms with Crippen molar-refractivity contribution in [3.8, 4) is 0 Å². The van der Waals surface area contributed by atoms with E-state index in [9.17, 15) is 0 Å². The second-order valence-corrected chi connectivity index (χ2v) is 6.47. The average Bonchev–Trinajstić information content (AvgIpc) is 2.47. The molecule has 0 spiro atoms.